The average molecular weight is 192 g/mol. The molecule has 14 heavy (non-hydrogen) atoms. The summed E-state index contributed by atoms with van der Waals surface area (Å²) in [6.07, 6.45) is 0. The predicted molar refractivity (Wildman–Crippen MR) is 52.9 cm³/mol. The van der Waals surface area contributed by atoms with Crippen LogP contribution in [0.3, 0.4) is 0 Å². The molecule has 0 bridgehead atoms. The number of carbonyl (C=O) groups excluding carboxylic acids is 1. The maximum Gasteiger partial charge on any atom is 0.267 e. The highest BCUT2D eigenvalue weighted by Gasteiger charge is 2.24. The summed E-state index contributed by atoms with van der Waals surface area (Å²) >= 11 is 0. The van der Waals surface area contributed by atoms with E-state index >= 15 is 0 Å². The Morgan fingerprint density at radius 1 is 1.50 bits per heavy atom. The number of hydrogen-bond donors (Lipinski definition) is 2. The lowest BCUT2D eigenvalue weighted by Gasteiger charge is -2.37. The van der Waals surface area contributed by atoms with Gasteiger partial charge < -0.3 is 16.4 Å². The monoisotopic (exact) mass is 192 g/mol. The van der Waals surface area contributed by atoms with E-state index in [1.807, 2.05) is 11.0 Å². The number of hydrogen-bond acceptors (Lipinski definition) is 4. The first-order valence-corrected chi connectivity index (χ1v) is 4.44. The number of aromatic nitrogens is 1. The van der Waals surface area contributed by atoms with Crippen LogP contribution in [0, 0.1) is 0 Å². The zero-order valence-electron chi connectivity index (χ0n) is 7.68. The summed E-state index contributed by atoms with van der Waals surface area (Å²) in [5.74, 6) is 0.264. The van der Waals surface area contributed by atoms with Gasteiger partial charge in [-0.25, -0.2) is 4.98 Å². The quantitative estimate of drug-likeness (QED) is 0.650. The number of nitrogens with two attached hydrogens (primary N) is 2. The molecular formula is C9H12N4O. The molecule has 74 valence electrons. The van der Waals surface area contributed by atoms with Gasteiger partial charge in [0.25, 0.3) is 5.91 Å². The molecule has 0 atom stereocenters. The van der Waals surface area contributed by atoms with E-state index in [0.717, 1.165) is 18.9 Å². The smallest absolute Gasteiger partial charge is 0.267 e. The van der Waals surface area contributed by atoms with Crippen molar-refractivity contribution in [3.8, 4) is 0 Å². The minimum atomic E-state index is -0.503. The molecule has 1 aromatic rings. The highest BCUT2D eigenvalue weighted by Crippen LogP contribution is 2.17. The number of pyridine rings is 1. The van der Waals surface area contributed by atoms with Crippen molar-refractivity contribution in [2.75, 3.05) is 18.0 Å². The van der Waals surface area contributed by atoms with Crippen molar-refractivity contribution < 1.29 is 4.79 Å². The third kappa shape index (κ3) is 1.54. The molecule has 0 saturated carbocycles. The molecule has 0 radical (unpaired) electrons. The van der Waals surface area contributed by atoms with Crippen molar-refractivity contribution in [1.82, 2.24) is 4.98 Å². The molecule has 5 heteroatoms. The van der Waals surface area contributed by atoms with E-state index in [-0.39, 0.29) is 6.04 Å². The van der Waals surface area contributed by atoms with Crippen LogP contribution in [-0.4, -0.2) is 30.0 Å². The Kier molecular flexibility index (Phi) is 2.09. The van der Waals surface area contributed by atoms with Crippen molar-refractivity contribution >= 4 is 11.7 Å². The normalized spacial score (nSPS) is 16.5. The summed E-state index contributed by atoms with van der Waals surface area (Å²) in [4.78, 5) is 17.0. The maximum atomic E-state index is 10.9. The molecule has 2 rings (SSSR count). The van der Waals surface area contributed by atoms with Gasteiger partial charge in [0.2, 0.25) is 0 Å². The fourth-order valence-corrected chi connectivity index (χ4v) is 1.44. The van der Waals surface area contributed by atoms with Gasteiger partial charge in [0, 0.05) is 19.1 Å². The Labute approximate surface area is 81.7 Å². The Morgan fingerprint density at radius 3 is 2.79 bits per heavy atom. The summed E-state index contributed by atoms with van der Waals surface area (Å²) in [5.41, 5.74) is 11.1. The Hall–Kier alpha value is -1.62. The molecule has 1 saturated heterocycles. The minimum absolute atomic E-state index is 0.217. The largest absolute Gasteiger partial charge is 0.364 e. The third-order valence-electron chi connectivity index (χ3n) is 2.22. The predicted octanol–water partition coefficient (Wildman–Crippen LogP) is -0.672. The minimum Gasteiger partial charge on any atom is -0.364 e. The van der Waals surface area contributed by atoms with Crippen LogP contribution in [0.4, 0.5) is 5.82 Å². The summed E-state index contributed by atoms with van der Waals surface area (Å²) in [6.45, 7) is 1.57. The van der Waals surface area contributed by atoms with Crippen LogP contribution in [-0.2, 0) is 0 Å². The molecule has 1 fully saturated rings. The number of primary amides is 1. The van der Waals surface area contributed by atoms with Crippen molar-refractivity contribution in [3.05, 3.63) is 23.9 Å². The van der Waals surface area contributed by atoms with Crippen LogP contribution in [0.15, 0.2) is 18.2 Å². The second kappa shape index (κ2) is 3.26. The summed E-state index contributed by atoms with van der Waals surface area (Å²) < 4.78 is 0. The first-order valence-electron chi connectivity index (χ1n) is 4.44. The van der Waals surface area contributed by atoms with Crippen LogP contribution < -0.4 is 16.4 Å². The molecule has 1 aliphatic heterocycles. The number of nitrogens with zero attached hydrogens (tertiary/aromatic N) is 2. The standard InChI is InChI=1S/C9H12N4O/c10-6-4-13(5-6)8-3-1-2-7(12-8)9(11)14/h1-3,6H,4-5,10H2,(H2,11,14). The molecule has 1 aliphatic rings. The van der Waals surface area contributed by atoms with E-state index in [1.54, 1.807) is 12.1 Å². The maximum absolute atomic E-state index is 10.9. The van der Waals surface area contributed by atoms with Gasteiger partial charge in [0.05, 0.1) is 0 Å². The van der Waals surface area contributed by atoms with Crippen molar-refractivity contribution in [3.63, 3.8) is 0 Å². The van der Waals surface area contributed by atoms with E-state index in [1.165, 1.54) is 0 Å². The first kappa shape index (κ1) is 8.96. The fourth-order valence-electron chi connectivity index (χ4n) is 1.44. The number of rotatable bonds is 2. The molecule has 0 aliphatic carbocycles. The van der Waals surface area contributed by atoms with E-state index < -0.39 is 5.91 Å². The first-order chi connectivity index (χ1) is 6.66. The van der Waals surface area contributed by atoms with E-state index in [4.69, 9.17) is 11.5 Å². The average Bonchev–Trinajstić information content (AvgIpc) is 2.13. The van der Waals surface area contributed by atoms with E-state index in [2.05, 4.69) is 4.98 Å². The van der Waals surface area contributed by atoms with Gasteiger partial charge >= 0.3 is 0 Å². The van der Waals surface area contributed by atoms with Crippen LogP contribution in [0.25, 0.3) is 0 Å². The topological polar surface area (TPSA) is 85.2 Å². The second-order valence-electron chi connectivity index (χ2n) is 3.41. The highest BCUT2D eigenvalue weighted by atomic mass is 16.1. The highest BCUT2D eigenvalue weighted by molar-refractivity contribution is 5.91. The van der Waals surface area contributed by atoms with Gasteiger partial charge in [0.15, 0.2) is 0 Å². The molecule has 1 amide bonds. The van der Waals surface area contributed by atoms with Gasteiger partial charge in [-0.2, -0.15) is 0 Å². The van der Waals surface area contributed by atoms with Crippen molar-refractivity contribution in [2.24, 2.45) is 11.5 Å². The van der Waals surface area contributed by atoms with Crippen LogP contribution >= 0.6 is 0 Å². The fraction of sp³-hybridized carbons (Fsp3) is 0.333. The molecule has 2 heterocycles. The Morgan fingerprint density at radius 2 is 2.21 bits per heavy atom. The van der Waals surface area contributed by atoms with E-state index in [9.17, 15) is 4.79 Å². The van der Waals surface area contributed by atoms with Crippen molar-refractivity contribution in [2.45, 2.75) is 6.04 Å². The molecular weight excluding hydrogens is 180 g/mol. The van der Waals surface area contributed by atoms with Crippen molar-refractivity contribution in [1.29, 1.82) is 0 Å². The number of amides is 1. The number of carbonyl (C=O) groups is 1. The SMILES string of the molecule is NC(=O)c1cccc(N2CC(N)C2)n1. The van der Waals surface area contributed by atoms with Gasteiger partial charge in [-0.15, -0.1) is 0 Å². The second-order valence-corrected chi connectivity index (χ2v) is 3.41. The molecule has 1 aromatic heterocycles. The number of anilines is 1. The molecule has 0 aromatic carbocycles. The molecule has 4 N–H and O–H groups in total. The van der Waals surface area contributed by atoms with Gasteiger partial charge in [0.1, 0.15) is 11.5 Å². The zero-order valence-corrected chi connectivity index (χ0v) is 7.68. The van der Waals surface area contributed by atoms with Gasteiger partial charge in [-0.05, 0) is 12.1 Å². The molecule has 0 spiro atoms. The lowest BCUT2D eigenvalue weighted by atomic mass is 10.1. The Balaban J connectivity index is 2.18. The lowest BCUT2D eigenvalue weighted by molar-refractivity contribution is 0.0995. The summed E-state index contributed by atoms with van der Waals surface area (Å²) in [6, 6.07) is 5.44. The van der Waals surface area contributed by atoms with Crippen LogP contribution in [0.5, 0.6) is 0 Å². The summed E-state index contributed by atoms with van der Waals surface area (Å²) in [7, 11) is 0. The zero-order chi connectivity index (χ0) is 10.1. The third-order valence-corrected chi connectivity index (χ3v) is 2.22. The lowest BCUT2D eigenvalue weighted by Crippen LogP contribution is -2.56. The molecule has 0 unspecified atom stereocenters. The van der Waals surface area contributed by atoms with Gasteiger partial charge in [-0.1, -0.05) is 6.07 Å². The molecule has 5 nitrogen and oxygen atoms in total. The summed E-state index contributed by atoms with van der Waals surface area (Å²) in [5, 5.41) is 0. The van der Waals surface area contributed by atoms with E-state index in [0.29, 0.717) is 5.69 Å². The van der Waals surface area contributed by atoms with Crippen LogP contribution in [0.2, 0.25) is 0 Å². The van der Waals surface area contributed by atoms with Gasteiger partial charge in [-0.3, -0.25) is 4.79 Å². The van der Waals surface area contributed by atoms with Crippen LogP contribution in [0.1, 0.15) is 10.5 Å². The Bertz CT molecular complexity index is 360.